The molecule has 3 N–H and O–H groups in total. The zero-order valence-corrected chi connectivity index (χ0v) is 11.7. The van der Waals surface area contributed by atoms with Gasteiger partial charge in [-0.3, -0.25) is 9.69 Å². The first-order chi connectivity index (χ1) is 8.54. The SMILES string of the molecule is CC1CC(C)CC(C(N)=O)(N2CCCNCC2)C1. The summed E-state index contributed by atoms with van der Waals surface area (Å²) in [6, 6.07) is 0. The number of nitrogens with zero attached hydrogens (tertiary/aromatic N) is 1. The summed E-state index contributed by atoms with van der Waals surface area (Å²) in [6.45, 7) is 8.47. The summed E-state index contributed by atoms with van der Waals surface area (Å²) in [5.41, 5.74) is 5.42. The van der Waals surface area contributed by atoms with Gasteiger partial charge in [-0.05, 0) is 44.1 Å². The van der Waals surface area contributed by atoms with Crippen molar-refractivity contribution in [2.75, 3.05) is 26.2 Å². The summed E-state index contributed by atoms with van der Waals surface area (Å²) in [7, 11) is 0. The van der Waals surface area contributed by atoms with E-state index in [1.165, 1.54) is 6.42 Å². The van der Waals surface area contributed by atoms with Crippen LogP contribution in [0.15, 0.2) is 0 Å². The van der Waals surface area contributed by atoms with Gasteiger partial charge >= 0.3 is 0 Å². The highest BCUT2D eigenvalue weighted by Gasteiger charge is 2.46. The average Bonchev–Trinajstić information content (AvgIpc) is 2.55. The van der Waals surface area contributed by atoms with Crippen LogP contribution in [0.5, 0.6) is 0 Å². The number of rotatable bonds is 2. The van der Waals surface area contributed by atoms with Gasteiger partial charge in [0.2, 0.25) is 5.91 Å². The Morgan fingerprint density at radius 3 is 2.50 bits per heavy atom. The molecule has 2 aliphatic rings. The molecule has 2 fully saturated rings. The Bertz CT molecular complexity index is 287. The van der Waals surface area contributed by atoms with Crippen LogP contribution in [0.1, 0.15) is 39.5 Å². The number of nitrogens with one attached hydrogen (secondary N) is 1. The highest BCUT2D eigenvalue weighted by molar-refractivity contribution is 5.84. The fourth-order valence-corrected chi connectivity index (χ4v) is 3.98. The van der Waals surface area contributed by atoms with Crippen molar-refractivity contribution in [3.8, 4) is 0 Å². The van der Waals surface area contributed by atoms with Crippen molar-refractivity contribution in [3.63, 3.8) is 0 Å². The lowest BCUT2D eigenvalue weighted by atomic mass is 9.70. The van der Waals surface area contributed by atoms with E-state index in [2.05, 4.69) is 24.1 Å². The largest absolute Gasteiger partial charge is 0.368 e. The van der Waals surface area contributed by atoms with Gasteiger partial charge in [-0.25, -0.2) is 0 Å². The Morgan fingerprint density at radius 2 is 1.89 bits per heavy atom. The van der Waals surface area contributed by atoms with E-state index in [0.29, 0.717) is 11.8 Å². The molecule has 0 radical (unpaired) electrons. The Morgan fingerprint density at radius 1 is 1.22 bits per heavy atom. The van der Waals surface area contributed by atoms with Crippen LogP contribution in [0.4, 0.5) is 0 Å². The third-order valence-electron chi connectivity index (χ3n) is 4.58. The van der Waals surface area contributed by atoms with Crippen LogP contribution in [0.2, 0.25) is 0 Å². The van der Waals surface area contributed by atoms with Gasteiger partial charge in [0.15, 0.2) is 0 Å². The molecule has 2 rings (SSSR count). The molecule has 0 bridgehead atoms. The molecular weight excluding hydrogens is 226 g/mol. The normalized spacial score (nSPS) is 39.2. The molecule has 1 saturated heterocycles. The van der Waals surface area contributed by atoms with Gasteiger partial charge in [-0.15, -0.1) is 0 Å². The van der Waals surface area contributed by atoms with Gasteiger partial charge in [0.05, 0.1) is 0 Å². The van der Waals surface area contributed by atoms with E-state index >= 15 is 0 Å². The number of hydrogen-bond donors (Lipinski definition) is 2. The standard InChI is InChI=1S/C14H27N3O/c1-11-8-12(2)10-14(9-11,13(15)18)17-6-3-4-16-5-7-17/h11-12,16H,3-10H2,1-2H3,(H2,15,18). The fraction of sp³-hybridized carbons (Fsp3) is 0.929. The highest BCUT2D eigenvalue weighted by atomic mass is 16.1. The van der Waals surface area contributed by atoms with Crippen LogP contribution >= 0.6 is 0 Å². The number of carbonyl (C=O) groups excluding carboxylic acids is 1. The van der Waals surface area contributed by atoms with Crippen LogP contribution < -0.4 is 11.1 Å². The topological polar surface area (TPSA) is 58.4 Å². The van der Waals surface area contributed by atoms with E-state index in [4.69, 9.17) is 5.73 Å². The van der Waals surface area contributed by atoms with E-state index in [1.54, 1.807) is 0 Å². The Labute approximate surface area is 110 Å². The van der Waals surface area contributed by atoms with Gasteiger partial charge in [0.25, 0.3) is 0 Å². The first-order valence-electron chi connectivity index (χ1n) is 7.30. The lowest BCUT2D eigenvalue weighted by molar-refractivity contribution is -0.135. The number of hydrogen-bond acceptors (Lipinski definition) is 3. The van der Waals surface area contributed by atoms with Crippen molar-refractivity contribution in [3.05, 3.63) is 0 Å². The quantitative estimate of drug-likeness (QED) is 0.771. The molecule has 1 aliphatic heterocycles. The molecule has 1 aliphatic carbocycles. The molecule has 1 amide bonds. The minimum atomic E-state index is -0.386. The predicted molar refractivity (Wildman–Crippen MR) is 73.2 cm³/mol. The second-order valence-corrected chi connectivity index (χ2v) is 6.34. The maximum Gasteiger partial charge on any atom is 0.237 e. The van der Waals surface area contributed by atoms with Crippen molar-refractivity contribution in [1.29, 1.82) is 0 Å². The molecule has 0 aromatic rings. The molecule has 18 heavy (non-hydrogen) atoms. The second-order valence-electron chi connectivity index (χ2n) is 6.34. The van der Waals surface area contributed by atoms with Crippen molar-refractivity contribution >= 4 is 5.91 Å². The van der Waals surface area contributed by atoms with Gasteiger partial charge in [-0.2, -0.15) is 0 Å². The zero-order valence-electron chi connectivity index (χ0n) is 11.7. The summed E-state index contributed by atoms with van der Waals surface area (Å²) in [6.07, 6.45) is 4.21. The third-order valence-corrected chi connectivity index (χ3v) is 4.58. The monoisotopic (exact) mass is 253 g/mol. The molecule has 0 spiro atoms. The Hall–Kier alpha value is -0.610. The van der Waals surface area contributed by atoms with E-state index in [9.17, 15) is 4.79 Å². The highest BCUT2D eigenvalue weighted by Crippen LogP contribution is 2.40. The fourth-order valence-electron chi connectivity index (χ4n) is 3.98. The van der Waals surface area contributed by atoms with Crippen molar-refractivity contribution < 1.29 is 4.79 Å². The lowest BCUT2D eigenvalue weighted by Gasteiger charge is -2.47. The van der Waals surface area contributed by atoms with Crippen LogP contribution in [-0.4, -0.2) is 42.5 Å². The summed E-state index contributed by atoms with van der Waals surface area (Å²) < 4.78 is 0. The van der Waals surface area contributed by atoms with Gasteiger partial charge < -0.3 is 11.1 Å². The molecule has 4 heteroatoms. The smallest absolute Gasteiger partial charge is 0.237 e. The maximum atomic E-state index is 12.1. The van der Waals surface area contributed by atoms with E-state index in [0.717, 1.165) is 45.4 Å². The minimum absolute atomic E-state index is 0.109. The van der Waals surface area contributed by atoms with E-state index in [-0.39, 0.29) is 11.4 Å². The number of carbonyl (C=O) groups is 1. The molecule has 0 aromatic heterocycles. The maximum absolute atomic E-state index is 12.1. The number of nitrogens with two attached hydrogens (primary N) is 1. The van der Waals surface area contributed by atoms with Crippen LogP contribution in [0.3, 0.4) is 0 Å². The first kappa shape index (κ1) is 13.8. The minimum Gasteiger partial charge on any atom is -0.368 e. The predicted octanol–water partition coefficient (Wildman–Crippen LogP) is 0.962. The summed E-state index contributed by atoms with van der Waals surface area (Å²) in [5.74, 6) is 1.08. The van der Waals surface area contributed by atoms with E-state index < -0.39 is 0 Å². The molecule has 1 saturated carbocycles. The second kappa shape index (κ2) is 5.57. The Kier molecular flexibility index (Phi) is 4.28. The van der Waals surface area contributed by atoms with Gasteiger partial charge in [-0.1, -0.05) is 13.8 Å². The summed E-state index contributed by atoms with van der Waals surface area (Å²) in [5, 5.41) is 3.40. The Balaban J connectivity index is 2.21. The average molecular weight is 253 g/mol. The molecule has 104 valence electrons. The van der Waals surface area contributed by atoms with Crippen LogP contribution in [-0.2, 0) is 4.79 Å². The molecular formula is C14H27N3O. The molecule has 2 atom stereocenters. The molecule has 4 nitrogen and oxygen atoms in total. The van der Waals surface area contributed by atoms with Crippen molar-refractivity contribution in [1.82, 2.24) is 10.2 Å². The van der Waals surface area contributed by atoms with Crippen molar-refractivity contribution in [2.24, 2.45) is 17.6 Å². The van der Waals surface area contributed by atoms with Crippen LogP contribution in [0, 0.1) is 11.8 Å². The molecule has 0 aromatic carbocycles. The summed E-state index contributed by atoms with van der Waals surface area (Å²) in [4.78, 5) is 14.5. The van der Waals surface area contributed by atoms with E-state index in [1.807, 2.05) is 0 Å². The zero-order chi connectivity index (χ0) is 13.2. The first-order valence-corrected chi connectivity index (χ1v) is 7.30. The van der Waals surface area contributed by atoms with Gasteiger partial charge in [0, 0.05) is 19.6 Å². The molecule has 2 unspecified atom stereocenters. The number of primary amides is 1. The summed E-state index contributed by atoms with van der Waals surface area (Å²) >= 11 is 0. The number of amides is 1. The lowest BCUT2D eigenvalue weighted by Crippen LogP contribution is -2.61. The molecule has 1 heterocycles. The third kappa shape index (κ3) is 2.69. The van der Waals surface area contributed by atoms with Crippen molar-refractivity contribution in [2.45, 2.75) is 45.1 Å². The van der Waals surface area contributed by atoms with Gasteiger partial charge in [0.1, 0.15) is 5.54 Å². The van der Waals surface area contributed by atoms with Crippen LogP contribution in [0.25, 0.3) is 0 Å².